The molecule has 1 aliphatic carbocycles. The molecule has 4 rings (SSSR count). The van der Waals surface area contributed by atoms with Crippen LogP contribution in [0.25, 0.3) is 11.1 Å². The summed E-state index contributed by atoms with van der Waals surface area (Å²) in [7, 11) is 0. The van der Waals surface area contributed by atoms with Crippen LogP contribution >= 0.6 is 11.6 Å². The highest BCUT2D eigenvalue weighted by Crippen LogP contribution is 2.27. The Balaban J connectivity index is 1.29. The average molecular weight is 403 g/mol. The zero-order chi connectivity index (χ0) is 19.9. The summed E-state index contributed by atoms with van der Waals surface area (Å²) in [6.45, 7) is 2.68. The van der Waals surface area contributed by atoms with E-state index in [1.165, 1.54) is 12.8 Å². The zero-order valence-corrected chi connectivity index (χ0v) is 17.0. The molecule has 29 heavy (non-hydrogen) atoms. The summed E-state index contributed by atoms with van der Waals surface area (Å²) in [5.41, 5.74) is 3.80. The van der Waals surface area contributed by atoms with Gasteiger partial charge < -0.3 is 10.1 Å². The van der Waals surface area contributed by atoms with E-state index in [1.54, 1.807) is 0 Å². The molecule has 0 unspecified atom stereocenters. The predicted molar refractivity (Wildman–Crippen MR) is 118 cm³/mol. The molecule has 4 heteroatoms. The van der Waals surface area contributed by atoms with Crippen molar-refractivity contribution in [2.24, 2.45) is 5.92 Å². The van der Waals surface area contributed by atoms with Crippen molar-refractivity contribution in [3.63, 3.8) is 0 Å². The second kappa shape index (κ2) is 9.60. The van der Waals surface area contributed by atoms with Gasteiger partial charge >= 0.3 is 0 Å². The van der Waals surface area contributed by atoms with E-state index >= 15 is 0 Å². The van der Waals surface area contributed by atoms with Gasteiger partial charge in [-0.05, 0) is 79.3 Å². The van der Waals surface area contributed by atoms with Gasteiger partial charge in [0.1, 0.15) is 18.1 Å². The van der Waals surface area contributed by atoms with Crippen molar-refractivity contribution in [1.29, 1.82) is 0 Å². The summed E-state index contributed by atoms with van der Waals surface area (Å²) >= 11 is 5.94. The van der Waals surface area contributed by atoms with Gasteiger partial charge in [-0.25, -0.2) is 4.98 Å². The van der Waals surface area contributed by atoms with Crippen LogP contribution in [0.2, 0.25) is 5.02 Å². The number of nitrogens with one attached hydrogen (secondary N) is 1. The molecular weight excluding hydrogens is 380 g/mol. The van der Waals surface area contributed by atoms with E-state index in [0.717, 1.165) is 52.2 Å². The smallest absolute Gasteiger partial charge is 0.119 e. The molecule has 0 spiro atoms. The molecule has 0 saturated heterocycles. The van der Waals surface area contributed by atoms with Crippen molar-refractivity contribution in [2.75, 3.05) is 19.7 Å². The van der Waals surface area contributed by atoms with Gasteiger partial charge in [0.25, 0.3) is 0 Å². The average Bonchev–Trinajstić information content (AvgIpc) is 3.58. The first-order valence-electron chi connectivity index (χ1n) is 9.94. The Bertz CT molecular complexity index is 982. The van der Waals surface area contributed by atoms with Crippen molar-refractivity contribution < 1.29 is 4.74 Å². The molecule has 0 atom stereocenters. The number of pyridine rings is 1. The normalized spacial score (nSPS) is 12.9. The van der Waals surface area contributed by atoms with Crippen LogP contribution in [0.4, 0.5) is 0 Å². The number of benzene rings is 2. The maximum absolute atomic E-state index is 5.94. The number of aromatic nitrogens is 1. The Hall–Kier alpha value is -2.80. The molecule has 3 nitrogen and oxygen atoms in total. The van der Waals surface area contributed by atoms with Crippen molar-refractivity contribution in [3.8, 4) is 28.7 Å². The lowest BCUT2D eigenvalue weighted by atomic mass is 10.1. The molecule has 1 heterocycles. The number of hydrogen-bond donors (Lipinski definition) is 1. The minimum atomic E-state index is 0.682. The van der Waals surface area contributed by atoms with Gasteiger partial charge in [-0.2, -0.15) is 0 Å². The first kappa shape index (κ1) is 19.5. The number of rotatable bonds is 7. The van der Waals surface area contributed by atoms with E-state index in [0.29, 0.717) is 6.61 Å². The summed E-state index contributed by atoms with van der Waals surface area (Å²) in [6.07, 6.45) is 4.58. The van der Waals surface area contributed by atoms with Gasteiger partial charge in [0.05, 0.1) is 0 Å². The number of ether oxygens (including phenoxy) is 1. The molecule has 0 bridgehead atoms. The fourth-order valence-corrected chi connectivity index (χ4v) is 3.05. The summed E-state index contributed by atoms with van der Waals surface area (Å²) in [4.78, 5) is 4.45. The SMILES string of the molecule is Clc1ccc(-c2ccc(C#Cc3ccc(OCCNCC4CC4)cc3)nc2)cc1. The number of hydrogen-bond acceptors (Lipinski definition) is 3. The lowest BCUT2D eigenvalue weighted by Gasteiger charge is -2.07. The molecule has 146 valence electrons. The Morgan fingerprint density at radius 3 is 2.38 bits per heavy atom. The summed E-state index contributed by atoms with van der Waals surface area (Å²) in [5.74, 6) is 8.03. The summed E-state index contributed by atoms with van der Waals surface area (Å²) < 4.78 is 5.76. The maximum atomic E-state index is 5.94. The van der Waals surface area contributed by atoms with Crippen molar-refractivity contribution in [1.82, 2.24) is 10.3 Å². The molecular formula is C25H23ClN2O. The molecule has 0 aliphatic heterocycles. The Labute approximate surface area is 177 Å². The van der Waals surface area contributed by atoms with E-state index in [1.807, 2.05) is 66.9 Å². The fraction of sp³-hybridized carbons (Fsp3) is 0.240. The molecule has 0 radical (unpaired) electrons. The van der Waals surface area contributed by atoms with Crippen LogP contribution in [0.15, 0.2) is 66.9 Å². The second-order valence-electron chi connectivity index (χ2n) is 7.21. The van der Waals surface area contributed by atoms with Crippen LogP contribution in [-0.4, -0.2) is 24.7 Å². The second-order valence-corrected chi connectivity index (χ2v) is 7.65. The Morgan fingerprint density at radius 2 is 1.69 bits per heavy atom. The largest absolute Gasteiger partial charge is 0.492 e. The summed E-state index contributed by atoms with van der Waals surface area (Å²) in [5, 5.41) is 4.15. The van der Waals surface area contributed by atoms with Crippen molar-refractivity contribution in [3.05, 3.63) is 83.1 Å². The first-order chi connectivity index (χ1) is 14.3. The molecule has 1 fully saturated rings. The van der Waals surface area contributed by atoms with Gasteiger partial charge in [0.2, 0.25) is 0 Å². The van der Waals surface area contributed by atoms with Gasteiger partial charge in [0.15, 0.2) is 0 Å². The molecule has 2 aromatic carbocycles. The maximum Gasteiger partial charge on any atom is 0.119 e. The van der Waals surface area contributed by atoms with Crippen LogP contribution in [0.5, 0.6) is 5.75 Å². The molecule has 1 N–H and O–H groups in total. The molecule has 0 amide bonds. The number of nitrogens with zero attached hydrogens (tertiary/aromatic N) is 1. The van der Waals surface area contributed by atoms with E-state index in [2.05, 4.69) is 22.1 Å². The van der Waals surface area contributed by atoms with Crippen molar-refractivity contribution in [2.45, 2.75) is 12.8 Å². The lowest BCUT2D eigenvalue weighted by Crippen LogP contribution is -2.23. The Morgan fingerprint density at radius 1 is 0.931 bits per heavy atom. The molecule has 3 aromatic rings. The van der Waals surface area contributed by atoms with E-state index in [4.69, 9.17) is 16.3 Å². The zero-order valence-electron chi connectivity index (χ0n) is 16.2. The highest BCUT2D eigenvalue weighted by atomic mass is 35.5. The van der Waals surface area contributed by atoms with E-state index in [9.17, 15) is 0 Å². The van der Waals surface area contributed by atoms with Crippen LogP contribution in [0, 0.1) is 17.8 Å². The van der Waals surface area contributed by atoms with Gasteiger partial charge in [0, 0.05) is 28.9 Å². The lowest BCUT2D eigenvalue weighted by molar-refractivity contribution is 0.313. The topological polar surface area (TPSA) is 34.1 Å². The van der Waals surface area contributed by atoms with Gasteiger partial charge in [-0.3, -0.25) is 0 Å². The highest BCUT2D eigenvalue weighted by Gasteiger charge is 2.19. The third kappa shape index (κ3) is 6.09. The van der Waals surface area contributed by atoms with Crippen LogP contribution in [0.1, 0.15) is 24.1 Å². The quantitative estimate of drug-likeness (QED) is 0.436. The third-order valence-corrected chi connectivity index (χ3v) is 5.06. The van der Waals surface area contributed by atoms with Gasteiger partial charge in [-0.1, -0.05) is 35.7 Å². The predicted octanol–water partition coefficient (Wildman–Crippen LogP) is 5.18. The van der Waals surface area contributed by atoms with Crippen LogP contribution < -0.4 is 10.1 Å². The van der Waals surface area contributed by atoms with Crippen molar-refractivity contribution >= 4 is 11.6 Å². The summed E-state index contributed by atoms with van der Waals surface area (Å²) in [6, 6.07) is 19.5. The minimum absolute atomic E-state index is 0.682. The molecule has 1 saturated carbocycles. The monoisotopic (exact) mass is 402 g/mol. The van der Waals surface area contributed by atoms with Crippen LogP contribution in [-0.2, 0) is 0 Å². The van der Waals surface area contributed by atoms with E-state index < -0.39 is 0 Å². The van der Waals surface area contributed by atoms with Crippen LogP contribution in [0.3, 0.4) is 0 Å². The fourth-order valence-electron chi connectivity index (χ4n) is 2.92. The molecule has 1 aromatic heterocycles. The van der Waals surface area contributed by atoms with Gasteiger partial charge in [-0.15, -0.1) is 0 Å². The highest BCUT2D eigenvalue weighted by molar-refractivity contribution is 6.30. The minimum Gasteiger partial charge on any atom is -0.492 e. The Kier molecular flexibility index (Phi) is 6.46. The standard InChI is InChI=1S/C25H23ClN2O/c26-23-9-6-21(7-10-23)22-8-12-24(28-18-22)11-3-19-4-13-25(14-5-19)29-16-15-27-17-20-1-2-20/h4-10,12-14,18,20,27H,1-2,15-17H2. The van der Waals surface area contributed by atoms with E-state index in [-0.39, 0.29) is 0 Å². The first-order valence-corrected chi connectivity index (χ1v) is 10.3. The third-order valence-electron chi connectivity index (χ3n) is 4.81. The molecule has 1 aliphatic rings. The number of halogens is 1.